The topological polar surface area (TPSA) is 76.2 Å². The Labute approximate surface area is 162 Å². The highest BCUT2D eigenvalue weighted by Gasteiger charge is 2.55. The third-order valence-electron chi connectivity index (χ3n) is 3.83. The van der Waals surface area contributed by atoms with Gasteiger partial charge in [0.2, 0.25) is 0 Å². The minimum Gasteiger partial charge on any atom is -0.381 e. The highest BCUT2D eigenvalue weighted by Crippen LogP contribution is 2.36. The second kappa shape index (κ2) is 11.1. The maximum Gasteiger partial charge on any atom is 0.319 e. The van der Waals surface area contributed by atoms with Crippen molar-refractivity contribution in [3.63, 3.8) is 0 Å². The summed E-state index contributed by atoms with van der Waals surface area (Å²) < 4.78 is 44.8. The van der Waals surface area contributed by atoms with Crippen LogP contribution in [0.25, 0.3) is 0 Å². The molecule has 0 radical (unpaired) electrons. The van der Waals surface area contributed by atoms with E-state index in [4.69, 9.17) is 0 Å². The molecule has 6 nitrogen and oxygen atoms in total. The number of tetrazole rings is 1. The van der Waals surface area contributed by atoms with E-state index in [1.165, 1.54) is 37.4 Å². The number of allylic oxidation sites excluding steroid dienone is 8. The van der Waals surface area contributed by atoms with Gasteiger partial charge in [-0.05, 0) is 47.9 Å². The van der Waals surface area contributed by atoms with Gasteiger partial charge < -0.3 is 5.11 Å². The molecule has 0 saturated carbocycles. The molecule has 9 heteroatoms. The molecule has 1 unspecified atom stereocenters. The fraction of sp³-hybridized carbons (Fsp3) is 0.368. The minimum atomic E-state index is -3.72. The molecule has 0 spiro atoms. The predicted octanol–water partition coefficient (Wildman–Crippen LogP) is 3.62. The summed E-state index contributed by atoms with van der Waals surface area (Å²) in [6.45, 7) is 6.34. The van der Waals surface area contributed by atoms with E-state index in [2.05, 4.69) is 33.7 Å². The highest BCUT2D eigenvalue weighted by molar-refractivity contribution is 6.01. The van der Waals surface area contributed by atoms with Crippen molar-refractivity contribution in [3.05, 3.63) is 67.8 Å². The normalized spacial score (nSPS) is 15.9. The molecule has 152 valence electrons. The Morgan fingerprint density at radius 3 is 2.64 bits per heavy atom. The average molecular weight is 395 g/mol. The Kier molecular flexibility index (Phi) is 9.23. The van der Waals surface area contributed by atoms with Gasteiger partial charge in [-0.25, -0.2) is 9.07 Å². The van der Waals surface area contributed by atoms with Crippen molar-refractivity contribution in [2.24, 2.45) is 4.99 Å². The number of aliphatic imine (C=N–C) groups is 1. The van der Waals surface area contributed by atoms with Gasteiger partial charge in [0.05, 0.1) is 6.54 Å². The van der Waals surface area contributed by atoms with E-state index >= 15 is 8.78 Å². The molecule has 1 N–H and O–H groups in total. The summed E-state index contributed by atoms with van der Waals surface area (Å²) in [7, 11) is 1.20. The van der Waals surface area contributed by atoms with Gasteiger partial charge in [0.25, 0.3) is 0 Å². The molecular weight excluding hydrogens is 371 g/mol. The molecule has 0 amide bonds. The lowest BCUT2D eigenvalue weighted by Crippen LogP contribution is -2.55. The number of aliphatic hydroxyl groups is 1. The molecule has 1 rings (SSSR count). The zero-order chi connectivity index (χ0) is 21.0. The molecule has 0 aliphatic heterocycles. The van der Waals surface area contributed by atoms with E-state index in [9.17, 15) is 9.50 Å². The van der Waals surface area contributed by atoms with Crippen molar-refractivity contribution in [1.29, 1.82) is 0 Å². The van der Waals surface area contributed by atoms with Crippen molar-refractivity contribution in [1.82, 2.24) is 20.2 Å². The lowest BCUT2D eigenvalue weighted by Gasteiger charge is -2.35. The largest absolute Gasteiger partial charge is 0.381 e. The molecule has 1 aromatic rings. The molecule has 1 heterocycles. The standard InChI is InChI=1S/C19H24F3N5O/c1-4-6-10-16(20)11-8-9-13-18(28,14-27-15-24-25-26-27)19(21,22)17(23-3)12-7-5-2/h4-5,7-8,10-12,15,28H,1-2,6,9,13-14H2,3H3/b11-8-,12-7-,16-10+,23-17?. The molecule has 0 bridgehead atoms. The zero-order valence-corrected chi connectivity index (χ0v) is 15.7. The van der Waals surface area contributed by atoms with Crippen LogP contribution in [-0.4, -0.2) is 49.6 Å². The molecule has 1 atom stereocenters. The summed E-state index contributed by atoms with van der Waals surface area (Å²) in [5, 5.41) is 21.2. The van der Waals surface area contributed by atoms with Crippen LogP contribution >= 0.6 is 0 Å². The SMILES string of the molecule is C=C/C=C\C(=NC)C(F)(F)C(O)(CC/C=C\C(F)=C/CC=C)Cn1cnnn1. The van der Waals surface area contributed by atoms with Gasteiger partial charge in [0, 0.05) is 7.05 Å². The lowest BCUT2D eigenvalue weighted by atomic mass is 9.86. The molecule has 0 aromatic carbocycles. The summed E-state index contributed by atoms with van der Waals surface area (Å²) >= 11 is 0. The fourth-order valence-electron chi connectivity index (χ4n) is 2.36. The van der Waals surface area contributed by atoms with Crippen LogP contribution in [0.1, 0.15) is 19.3 Å². The smallest absolute Gasteiger partial charge is 0.319 e. The summed E-state index contributed by atoms with van der Waals surface area (Å²) in [6.07, 6.45) is 10.1. The molecular formula is C19H24F3N5O. The van der Waals surface area contributed by atoms with Gasteiger partial charge in [-0.1, -0.05) is 30.9 Å². The first-order valence-electron chi connectivity index (χ1n) is 8.51. The summed E-state index contributed by atoms with van der Waals surface area (Å²) in [5.74, 6) is -4.24. The van der Waals surface area contributed by atoms with E-state index < -0.39 is 29.6 Å². The zero-order valence-electron chi connectivity index (χ0n) is 15.7. The predicted molar refractivity (Wildman–Crippen MR) is 103 cm³/mol. The van der Waals surface area contributed by atoms with Crippen LogP contribution in [0.4, 0.5) is 13.2 Å². The van der Waals surface area contributed by atoms with Crippen molar-refractivity contribution in [2.45, 2.75) is 37.3 Å². The number of alkyl halides is 2. The first-order valence-corrected chi connectivity index (χ1v) is 8.51. The minimum absolute atomic E-state index is 0.00820. The summed E-state index contributed by atoms with van der Waals surface area (Å²) in [5.41, 5.74) is -3.18. The Morgan fingerprint density at radius 2 is 2.07 bits per heavy atom. The summed E-state index contributed by atoms with van der Waals surface area (Å²) in [6, 6.07) is 0. The van der Waals surface area contributed by atoms with Crippen molar-refractivity contribution < 1.29 is 18.3 Å². The molecule has 0 saturated heterocycles. The van der Waals surface area contributed by atoms with E-state index in [1.807, 2.05) is 0 Å². The van der Waals surface area contributed by atoms with E-state index in [0.717, 1.165) is 23.2 Å². The Hall–Kier alpha value is -2.81. The summed E-state index contributed by atoms with van der Waals surface area (Å²) in [4.78, 5) is 3.60. The maximum atomic E-state index is 15.1. The Balaban J connectivity index is 3.08. The van der Waals surface area contributed by atoms with Crippen LogP contribution in [0.3, 0.4) is 0 Å². The van der Waals surface area contributed by atoms with Gasteiger partial charge in [0.1, 0.15) is 17.9 Å². The number of aromatic nitrogens is 4. The fourth-order valence-corrected chi connectivity index (χ4v) is 2.36. The number of rotatable bonds is 12. The van der Waals surface area contributed by atoms with Crippen LogP contribution in [0, 0.1) is 0 Å². The molecule has 0 aliphatic carbocycles. The van der Waals surface area contributed by atoms with Gasteiger partial charge in [0.15, 0.2) is 5.60 Å². The van der Waals surface area contributed by atoms with Crippen LogP contribution in [0.15, 0.2) is 72.8 Å². The van der Waals surface area contributed by atoms with Gasteiger partial charge in [-0.15, -0.1) is 11.7 Å². The van der Waals surface area contributed by atoms with E-state index in [1.54, 1.807) is 0 Å². The molecule has 0 fully saturated rings. The van der Waals surface area contributed by atoms with Gasteiger partial charge in [-0.2, -0.15) is 8.78 Å². The second-order valence-corrected chi connectivity index (χ2v) is 5.87. The third kappa shape index (κ3) is 6.41. The van der Waals surface area contributed by atoms with Gasteiger partial charge >= 0.3 is 5.92 Å². The Morgan fingerprint density at radius 1 is 1.32 bits per heavy atom. The van der Waals surface area contributed by atoms with E-state index in [-0.39, 0.29) is 12.8 Å². The van der Waals surface area contributed by atoms with Crippen LogP contribution in [0.2, 0.25) is 0 Å². The number of nitrogens with zero attached hydrogens (tertiary/aromatic N) is 5. The first kappa shape index (κ1) is 23.2. The first-order chi connectivity index (χ1) is 13.3. The van der Waals surface area contributed by atoms with Crippen LogP contribution in [0.5, 0.6) is 0 Å². The highest BCUT2D eigenvalue weighted by atomic mass is 19.3. The Bertz CT molecular complexity index is 754. The lowest BCUT2D eigenvalue weighted by molar-refractivity contribution is -0.149. The van der Waals surface area contributed by atoms with Crippen molar-refractivity contribution in [3.8, 4) is 0 Å². The van der Waals surface area contributed by atoms with Crippen molar-refractivity contribution in [2.75, 3.05) is 7.05 Å². The van der Waals surface area contributed by atoms with Crippen LogP contribution in [-0.2, 0) is 6.54 Å². The second-order valence-electron chi connectivity index (χ2n) is 5.87. The maximum absolute atomic E-state index is 15.1. The number of hydrogen-bond donors (Lipinski definition) is 1. The van der Waals surface area contributed by atoms with Crippen molar-refractivity contribution >= 4 is 5.71 Å². The average Bonchev–Trinajstić information content (AvgIpc) is 3.16. The molecule has 28 heavy (non-hydrogen) atoms. The monoisotopic (exact) mass is 395 g/mol. The van der Waals surface area contributed by atoms with E-state index in [0.29, 0.717) is 6.42 Å². The number of hydrogen-bond acceptors (Lipinski definition) is 5. The molecule has 1 aromatic heterocycles. The van der Waals surface area contributed by atoms with Gasteiger partial charge in [-0.3, -0.25) is 4.99 Å². The van der Waals surface area contributed by atoms with Crippen LogP contribution < -0.4 is 0 Å². The number of halogens is 3. The quantitative estimate of drug-likeness (QED) is 0.333. The molecule has 0 aliphatic rings. The third-order valence-corrected chi connectivity index (χ3v) is 3.83.